The number of rotatable bonds is 5. The Morgan fingerprint density at radius 1 is 1.14 bits per heavy atom. The maximum absolute atomic E-state index is 12.4. The fourth-order valence-corrected chi connectivity index (χ4v) is 3.99. The molecule has 0 spiro atoms. The third-order valence-electron chi connectivity index (χ3n) is 3.85. The Labute approximate surface area is 132 Å². The fraction of sp³-hybridized carbons (Fsp3) is 0.533. The Balaban J connectivity index is 2.18. The van der Waals surface area contributed by atoms with Crippen molar-refractivity contribution in [2.75, 3.05) is 39.3 Å². The van der Waals surface area contributed by atoms with E-state index in [1.807, 2.05) is 13.8 Å². The second-order valence-corrected chi connectivity index (χ2v) is 7.09. The number of carbonyl (C=O) groups excluding carboxylic acids is 1. The lowest BCUT2D eigenvalue weighted by Gasteiger charge is -2.27. The van der Waals surface area contributed by atoms with Crippen molar-refractivity contribution in [3.63, 3.8) is 0 Å². The number of sulfonamides is 1. The first-order chi connectivity index (χ1) is 10.5. The normalized spacial score (nSPS) is 16.0. The average Bonchev–Trinajstić information content (AvgIpc) is 2.56. The lowest BCUT2D eigenvalue weighted by Crippen LogP contribution is -2.46. The van der Waals surface area contributed by atoms with Crippen molar-refractivity contribution in [2.45, 2.75) is 18.7 Å². The second-order valence-electron chi connectivity index (χ2n) is 5.16. The van der Waals surface area contributed by atoms with Crippen molar-refractivity contribution in [1.82, 2.24) is 14.5 Å². The molecule has 2 rings (SSSR count). The van der Waals surface area contributed by atoms with E-state index >= 15 is 0 Å². The molecule has 1 saturated heterocycles. The molecule has 0 unspecified atom stereocenters. The fourth-order valence-electron chi connectivity index (χ4n) is 2.53. The van der Waals surface area contributed by atoms with Crippen molar-refractivity contribution >= 4 is 15.9 Å². The van der Waals surface area contributed by atoms with Crippen molar-refractivity contribution in [1.29, 1.82) is 0 Å². The van der Waals surface area contributed by atoms with E-state index in [-0.39, 0.29) is 10.8 Å². The highest BCUT2D eigenvalue weighted by Gasteiger charge is 2.23. The van der Waals surface area contributed by atoms with Gasteiger partial charge in [-0.25, -0.2) is 8.42 Å². The summed E-state index contributed by atoms with van der Waals surface area (Å²) in [6.07, 6.45) is 0. The molecular weight excluding hydrogens is 302 g/mol. The summed E-state index contributed by atoms with van der Waals surface area (Å²) in [5, 5.41) is 3.20. The van der Waals surface area contributed by atoms with Crippen LogP contribution in [0.4, 0.5) is 0 Å². The third-order valence-corrected chi connectivity index (χ3v) is 5.91. The van der Waals surface area contributed by atoms with Gasteiger partial charge in [0.05, 0.1) is 4.90 Å². The van der Waals surface area contributed by atoms with E-state index in [9.17, 15) is 13.2 Å². The van der Waals surface area contributed by atoms with E-state index in [1.54, 1.807) is 17.0 Å². The van der Waals surface area contributed by atoms with Gasteiger partial charge in [-0.15, -0.1) is 0 Å². The summed E-state index contributed by atoms with van der Waals surface area (Å²) in [5.74, 6) is -0.0479. The third kappa shape index (κ3) is 3.48. The number of nitrogens with zero attached hydrogens (tertiary/aromatic N) is 2. The van der Waals surface area contributed by atoms with Crippen LogP contribution in [0.1, 0.15) is 24.2 Å². The van der Waals surface area contributed by atoms with Crippen LogP contribution in [0, 0.1) is 0 Å². The molecular formula is C15H23N3O3S. The smallest absolute Gasteiger partial charge is 0.253 e. The molecule has 1 aliphatic rings. The standard InChI is InChI=1S/C15H23N3O3S/c1-3-18(4-2)22(20,21)14-7-5-13(6-8-14)15(19)17-11-9-16-10-12-17/h5-8,16H,3-4,9-12H2,1-2H3. The quantitative estimate of drug-likeness (QED) is 0.868. The molecule has 0 radical (unpaired) electrons. The highest BCUT2D eigenvalue weighted by molar-refractivity contribution is 7.89. The first-order valence-corrected chi connectivity index (χ1v) is 9.05. The predicted octanol–water partition coefficient (Wildman–Crippen LogP) is 0.763. The van der Waals surface area contributed by atoms with Gasteiger partial charge in [0.1, 0.15) is 0 Å². The molecule has 1 aliphatic heterocycles. The lowest BCUT2D eigenvalue weighted by atomic mass is 10.2. The summed E-state index contributed by atoms with van der Waals surface area (Å²) in [7, 11) is -3.47. The average molecular weight is 325 g/mol. The van der Waals surface area contributed by atoms with Gasteiger partial charge >= 0.3 is 0 Å². The van der Waals surface area contributed by atoms with Gasteiger partial charge in [0.2, 0.25) is 10.0 Å². The molecule has 1 heterocycles. The van der Waals surface area contributed by atoms with Crippen LogP contribution in [-0.2, 0) is 10.0 Å². The highest BCUT2D eigenvalue weighted by atomic mass is 32.2. The van der Waals surface area contributed by atoms with E-state index in [4.69, 9.17) is 0 Å². The molecule has 122 valence electrons. The van der Waals surface area contributed by atoms with E-state index in [0.717, 1.165) is 13.1 Å². The van der Waals surface area contributed by atoms with Gasteiger partial charge in [-0.3, -0.25) is 4.79 Å². The number of carbonyl (C=O) groups is 1. The second kappa shape index (κ2) is 7.21. The summed E-state index contributed by atoms with van der Waals surface area (Å²) in [4.78, 5) is 14.4. The maximum Gasteiger partial charge on any atom is 0.253 e. The number of hydrogen-bond acceptors (Lipinski definition) is 4. The van der Waals surface area contributed by atoms with Gasteiger partial charge in [0, 0.05) is 44.8 Å². The summed E-state index contributed by atoms with van der Waals surface area (Å²) < 4.78 is 26.2. The van der Waals surface area contributed by atoms with Gasteiger partial charge in [0.15, 0.2) is 0 Å². The van der Waals surface area contributed by atoms with Crippen LogP contribution < -0.4 is 5.32 Å². The van der Waals surface area contributed by atoms with Crippen molar-refractivity contribution < 1.29 is 13.2 Å². The van der Waals surface area contributed by atoms with E-state index in [1.165, 1.54) is 16.4 Å². The summed E-state index contributed by atoms with van der Waals surface area (Å²) in [6.45, 7) is 7.42. The van der Waals surface area contributed by atoms with Crippen molar-refractivity contribution in [3.8, 4) is 0 Å². The minimum absolute atomic E-state index is 0.0479. The molecule has 0 aliphatic carbocycles. The van der Waals surface area contributed by atoms with Crippen LogP contribution in [0.25, 0.3) is 0 Å². The zero-order valence-corrected chi connectivity index (χ0v) is 13.9. The number of benzene rings is 1. The summed E-state index contributed by atoms with van der Waals surface area (Å²) in [5.41, 5.74) is 0.528. The molecule has 1 aromatic rings. The molecule has 6 nitrogen and oxygen atoms in total. The van der Waals surface area contributed by atoms with Crippen LogP contribution >= 0.6 is 0 Å². The Morgan fingerprint density at radius 3 is 2.18 bits per heavy atom. The Kier molecular flexibility index (Phi) is 5.55. The summed E-state index contributed by atoms with van der Waals surface area (Å²) in [6, 6.07) is 6.23. The van der Waals surface area contributed by atoms with E-state index < -0.39 is 10.0 Å². The minimum atomic E-state index is -3.47. The molecule has 1 N–H and O–H groups in total. The number of nitrogens with one attached hydrogen (secondary N) is 1. The maximum atomic E-state index is 12.4. The highest BCUT2D eigenvalue weighted by Crippen LogP contribution is 2.17. The zero-order valence-electron chi connectivity index (χ0n) is 13.1. The molecule has 0 bridgehead atoms. The molecule has 1 aromatic carbocycles. The molecule has 0 aromatic heterocycles. The van der Waals surface area contributed by atoms with Crippen LogP contribution in [-0.4, -0.2) is 62.8 Å². The lowest BCUT2D eigenvalue weighted by molar-refractivity contribution is 0.0735. The first kappa shape index (κ1) is 16.9. The van der Waals surface area contributed by atoms with E-state index in [0.29, 0.717) is 31.7 Å². The van der Waals surface area contributed by atoms with Crippen molar-refractivity contribution in [3.05, 3.63) is 29.8 Å². The van der Waals surface area contributed by atoms with Gasteiger partial charge in [-0.1, -0.05) is 13.8 Å². The van der Waals surface area contributed by atoms with Crippen LogP contribution in [0.2, 0.25) is 0 Å². The number of amides is 1. The topological polar surface area (TPSA) is 69.7 Å². The van der Waals surface area contributed by atoms with Gasteiger partial charge in [-0.2, -0.15) is 4.31 Å². The molecule has 0 atom stereocenters. The first-order valence-electron chi connectivity index (χ1n) is 7.61. The molecule has 1 fully saturated rings. The van der Waals surface area contributed by atoms with Crippen molar-refractivity contribution in [2.24, 2.45) is 0 Å². The van der Waals surface area contributed by atoms with Gasteiger partial charge in [0.25, 0.3) is 5.91 Å². The van der Waals surface area contributed by atoms with Crippen LogP contribution in [0.3, 0.4) is 0 Å². The Bertz CT molecular complexity index is 603. The predicted molar refractivity (Wildman–Crippen MR) is 85.3 cm³/mol. The molecule has 1 amide bonds. The molecule has 22 heavy (non-hydrogen) atoms. The SMILES string of the molecule is CCN(CC)S(=O)(=O)c1ccc(C(=O)N2CCNCC2)cc1. The number of hydrogen-bond donors (Lipinski definition) is 1. The minimum Gasteiger partial charge on any atom is -0.336 e. The van der Waals surface area contributed by atoms with Gasteiger partial charge < -0.3 is 10.2 Å². The Hall–Kier alpha value is -1.44. The monoisotopic (exact) mass is 325 g/mol. The Morgan fingerprint density at radius 2 is 1.68 bits per heavy atom. The van der Waals surface area contributed by atoms with Gasteiger partial charge in [-0.05, 0) is 24.3 Å². The molecule has 0 saturated carbocycles. The zero-order chi connectivity index (χ0) is 16.2. The van der Waals surface area contributed by atoms with E-state index in [2.05, 4.69) is 5.32 Å². The summed E-state index contributed by atoms with van der Waals surface area (Å²) >= 11 is 0. The van der Waals surface area contributed by atoms with Crippen LogP contribution in [0.15, 0.2) is 29.2 Å². The molecule has 7 heteroatoms. The largest absolute Gasteiger partial charge is 0.336 e. The van der Waals surface area contributed by atoms with Crippen LogP contribution in [0.5, 0.6) is 0 Å². The number of piperazine rings is 1.